The van der Waals surface area contributed by atoms with Gasteiger partial charge in [0, 0.05) is 38.8 Å². The Morgan fingerprint density at radius 2 is 1.74 bits per heavy atom. The Labute approximate surface area is 160 Å². The molecule has 1 saturated heterocycles. The van der Waals surface area contributed by atoms with Crippen LogP contribution in [0.25, 0.3) is 0 Å². The van der Waals surface area contributed by atoms with Gasteiger partial charge in [-0.25, -0.2) is 9.97 Å². The van der Waals surface area contributed by atoms with Gasteiger partial charge in [0.15, 0.2) is 0 Å². The van der Waals surface area contributed by atoms with Crippen molar-refractivity contribution in [1.29, 1.82) is 0 Å². The van der Waals surface area contributed by atoms with E-state index in [1.165, 1.54) is 18.4 Å². The Balaban J connectivity index is 1.29. The first-order valence-electron chi connectivity index (χ1n) is 9.92. The van der Waals surface area contributed by atoms with Crippen molar-refractivity contribution in [3.8, 4) is 0 Å². The van der Waals surface area contributed by atoms with E-state index in [1.807, 2.05) is 0 Å². The number of anilines is 1. The number of rotatable bonds is 5. The van der Waals surface area contributed by atoms with Crippen LogP contribution in [0.4, 0.5) is 5.82 Å². The van der Waals surface area contributed by atoms with E-state index >= 15 is 0 Å². The minimum atomic E-state index is -0.103. The molecular weight excluding hydrogens is 338 g/mol. The van der Waals surface area contributed by atoms with Crippen LogP contribution in [0.2, 0.25) is 0 Å². The number of piperazine rings is 1. The second-order valence-electron chi connectivity index (χ2n) is 7.46. The molecule has 1 aromatic carbocycles. The fourth-order valence-corrected chi connectivity index (χ4v) is 3.91. The highest BCUT2D eigenvalue weighted by Crippen LogP contribution is 2.18. The van der Waals surface area contributed by atoms with Gasteiger partial charge in [0.25, 0.3) is 5.91 Å². The molecule has 1 N–H and O–H groups in total. The lowest BCUT2D eigenvalue weighted by molar-refractivity contribution is 0.0932. The molecule has 0 unspecified atom stereocenters. The molecule has 142 valence electrons. The molecule has 4 rings (SSSR count). The average Bonchev–Trinajstić information content (AvgIpc) is 3.22. The van der Waals surface area contributed by atoms with Gasteiger partial charge in [-0.2, -0.15) is 0 Å². The summed E-state index contributed by atoms with van der Waals surface area (Å²) in [4.78, 5) is 25.8. The number of carbonyl (C=O) groups excluding carboxylic acids is 1. The van der Waals surface area contributed by atoms with Gasteiger partial charge < -0.3 is 10.2 Å². The summed E-state index contributed by atoms with van der Waals surface area (Å²) in [5.74, 6) is 0.750. The molecule has 6 nitrogen and oxygen atoms in total. The van der Waals surface area contributed by atoms with Crippen molar-refractivity contribution in [2.45, 2.75) is 38.3 Å². The zero-order valence-corrected chi connectivity index (χ0v) is 15.7. The van der Waals surface area contributed by atoms with Gasteiger partial charge in [0.05, 0.1) is 12.4 Å². The molecule has 1 amide bonds. The van der Waals surface area contributed by atoms with Crippen molar-refractivity contribution in [2.75, 3.05) is 31.1 Å². The molecule has 6 heteroatoms. The predicted octanol–water partition coefficient (Wildman–Crippen LogP) is 2.47. The number of amides is 1. The van der Waals surface area contributed by atoms with Gasteiger partial charge in [-0.15, -0.1) is 0 Å². The lowest BCUT2D eigenvalue weighted by Gasteiger charge is -2.35. The molecule has 0 bridgehead atoms. The van der Waals surface area contributed by atoms with E-state index < -0.39 is 0 Å². The third-order valence-corrected chi connectivity index (χ3v) is 5.51. The Morgan fingerprint density at radius 3 is 2.41 bits per heavy atom. The zero-order chi connectivity index (χ0) is 18.5. The third kappa shape index (κ3) is 4.63. The van der Waals surface area contributed by atoms with Crippen LogP contribution in [0, 0.1) is 0 Å². The number of benzene rings is 1. The van der Waals surface area contributed by atoms with Gasteiger partial charge in [-0.1, -0.05) is 43.2 Å². The summed E-state index contributed by atoms with van der Waals surface area (Å²) in [6, 6.07) is 10.9. The molecule has 0 atom stereocenters. The SMILES string of the molecule is O=C(NC1CCCC1)c1cnc(N2CCN(Cc3ccccc3)CC2)cn1. The van der Waals surface area contributed by atoms with Crippen LogP contribution >= 0.6 is 0 Å². The lowest BCUT2D eigenvalue weighted by atomic mass is 10.2. The van der Waals surface area contributed by atoms with E-state index in [0.717, 1.165) is 51.4 Å². The van der Waals surface area contributed by atoms with Crippen LogP contribution in [0.5, 0.6) is 0 Å². The topological polar surface area (TPSA) is 61.4 Å². The number of hydrogen-bond acceptors (Lipinski definition) is 5. The second-order valence-corrected chi connectivity index (χ2v) is 7.46. The van der Waals surface area contributed by atoms with E-state index in [9.17, 15) is 4.79 Å². The number of nitrogens with one attached hydrogen (secondary N) is 1. The number of nitrogens with zero attached hydrogens (tertiary/aromatic N) is 4. The number of carbonyl (C=O) groups is 1. The van der Waals surface area contributed by atoms with Gasteiger partial charge >= 0.3 is 0 Å². The molecule has 2 heterocycles. The largest absolute Gasteiger partial charge is 0.353 e. The summed E-state index contributed by atoms with van der Waals surface area (Å²) < 4.78 is 0. The summed E-state index contributed by atoms with van der Waals surface area (Å²) in [6.07, 6.45) is 7.89. The highest BCUT2D eigenvalue weighted by molar-refractivity contribution is 5.92. The molecule has 2 aromatic rings. The number of hydrogen-bond donors (Lipinski definition) is 1. The fourth-order valence-electron chi connectivity index (χ4n) is 3.91. The molecular formula is C21H27N5O. The second kappa shape index (κ2) is 8.48. The van der Waals surface area contributed by atoms with E-state index in [4.69, 9.17) is 0 Å². The summed E-state index contributed by atoms with van der Waals surface area (Å²) in [7, 11) is 0. The van der Waals surface area contributed by atoms with Crippen molar-refractivity contribution in [3.05, 3.63) is 54.0 Å². The molecule has 1 saturated carbocycles. The number of aromatic nitrogens is 2. The molecule has 1 aliphatic heterocycles. The molecule has 27 heavy (non-hydrogen) atoms. The molecule has 2 aliphatic rings. The van der Waals surface area contributed by atoms with Gasteiger partial charge in [0.1, 0.15) is 11.5 Å². The van der Waals surface area contributed by atoms with Crippen molar-refractivity contribution in [1.82, 2.24) is 20.2 Å². The standard InChI is InChI=1S/C21H27N5O/c27-21(24-18-8-4-5-9-18)19-14-23-20(15-22-19)26-12-10-25(11-13-26)16-17-6-2-1-3-7-17/h1-3,6-7,14-15,18H,4-5,8-13,16H2,(H,24,27). The normalized spacial score (nSPS) is 18.6. The van der Waals surface area contributed by atoms with Crippen molar-refractivity contribution >= 4 is 11.7 Å². The van der Waals surface area contributed by atoms with Crippen LogP contribution < -0.4 is 10.2 Å². The molecule has 1 aliphatic carbocycles. The van der Waals surface area contributed by atoms with Crippen LogP contribution in [0.1, 0.15) is 41.7 Å². The third-order valence-electron chi connectivity index (χ3n) is 5.51. The van der Waals surface area contributed by atoms with Crippen molar-refractivity contribution in [2.24, 2.45) is 0 Å². The summed E-state index contributed by atoms with van der Waals surface area (Å²) in [5.41, 5.74) is 1.76. The zero-order valence-electron chi connectivity index (χ0n) is 15.7. The van der Waals surface area contributed by atoms with Crippen LogP contribution in [0.3, 0.4) is 0 Å². The van der Waals surface area contributed by atoms with Gasteiger partial charge in [-0.3, -0.25) is 9.69 Å². The van der Waals surface area contributed by atoms with Crippen LogP contribution in [-0.4, -0.2) is 53.0 Å². The minimum absolute atomic E-state index is 0.103. The highest BCUT2D eigenvalue weighted by Gasteiger charge is 2.21. The first kappa shape index (κ1) is 17.9. The summed E-state index contributed by atoms with van der Waals surface area (Å²) in [6.45, 7) is 4.84. The Morgan fingerprint density at radius 1 is 1.00 bits per heavy atom. The molecule has 0 spiro atoms. The van der Waals surface area contributed by atoms with Crippen LogP contribution in [-0.2, 0) is 6.54 Å². The highest BCUT2D eigenvalue weighted by atomic mass is 16.1. The van der Waals surface area contributed by atoms with Crippen molar-refractivity contribution in [3.63, 3.8) is 0 Å². The molecule has 1 aromatic heterocycles. The van der Waals surface area contributed by atoms with Gasteiger partial charge in [0.2, 0.25) is 0 Å². The Bertz CT molecular complexity index is 735. The maximum atomic E-state index is 12.3. The summed E-state index contributed by atoms with van der Waals surface area (Å²) >= 11 is 0. The molecule has 0 radical (unpaired) electrons. The van der Waals surface area contributed by atoms with Gasteiger partial charge in [-0.05, 0) is 18.4 Å². The smallest absolute Gasteiger partial charge is 0.271 e. The first-order chi connectivity index (χ1) is 13.3. The quantitative estimate of drug-likeness (QED) is 0.882. The summed E-state index contributed by atoms with van der Waals surface area (Å²) in [5, 5.41) is 3.06. The van der Waals surface area contributed by atoms with Crippen LogP contribution in [0.15, 0.2) is 42.7 Å². The average molecular weight is 365 g/mol. The monoisotopic (exact) mass is 365 g/mol. The lowest BCUT2D eigenvalue weighted by Crippen LogP contribution is -2.46. The Hall–Kier alpha value is -2.47. The predicted molar refractivity (Wildman–Crippen MR) is 106 cm³/mol. The first-order valence-corrected chi connectivity index (χ1v) is 9.92. The molecule has 2 fully saturated rings. The van der Waals surface area contributed by atoms with E-state index in [0.29, 0.717) is 11.7 Å². The van der Waals surface area contributed by atoms with E-state index in [-0.39, 0.29) is 5.91 Å². The maximum absolute atomic E-state index is 12.3. The fraction of sp³-hybridized carbons (Fsp3) is 0.476. The minimum Gasteiger partial charge on any atom is -0.353 e. The van der Waals surface area contributed by atoms with Crippen molar-refractivity contribution < 1.29 is 4.79 Å². The van der Waals surface area contributed by atoms with E-state index in [2.05, 4.69) is 55.4 Å². The maximum Gasteiger partial charge on any atom is 0.271 e. The Kier molecular flexibility index (Phi) is 5.63. The van der Waals surface area contributed by atoms with E-state index in [1.54, 1.807) is 12.4 Å².